The van der Waals surface area contributed by atoms with Crippen LogP contribution in [0.15, 0.2) is 53.2 Å². The molecule has 1 atom stereocenters. The number of hydrogen-bond donors (Lipinski definition) is 1. The molecule has 0 spiro atoms. The Balaban J connectivity index is 1.87. The van der Waals surface area contributed by atoms with E-state index in [1.54, 1.807) is 0 Å². The lowest BCUT2D eigenvalue weighted by atomic mass is 9.85. The van der Waals surface area contributed by atoms with E-state index in [1.807, 2.05) is 45.0 Å². The Morgan fingerprint density at radius 3 is 2.70 bits per heavy atom. The molecule has 2 rings (SSSR count). The largest absolute Gasteiger partial charge is 0.484 e. The van der Waals surface area contributed by atoms with Gasteiger partial charge in [-0.1, -0.05) is 35.9 Å². The molecule has 4 nitrogen and oxygen atoms in total. The van der Waals surface area contributed by atoms with Crippen LogP contribution in [0, 0.1) is 12.8 Å². The monoisotopic (exact) mass is 312 g/mol. The molecular weight excluding hydrogens is 288 g/mol. The minimum Gasteiger partial charge on any atom is -0.484 e. The van der Waals surface area contributed by atoms with Gasteiger partial charge in [0.1, 0.15) is 5.75 Å². The fraction of sp³-hybridized carbons (Fsp3) is 0.368. The van der Waals surface area contributed by atoms with Crippen molar-refractivity contribution in [3.63, 3.8) is 0 Å². The predicted molar refractivity (Wildman–Crippen MR) is 93.5 cm³/mol. The molecule has 0 bridgehead atoms. The van der Waals surface area contributed by atoms with Crippen molar-refractivity contribution in [2.45, 2.75) is 33.6 Å². The van der Waals surface area contributed by atoms with E-state index in [-0.39, 0.29) is 12.5 Å². The maximum atomic E-state index is 11.9. The molecule has 1 aromatic carbocycles. The van der Waals surface area contributed by atoms with E-state index in [2.05, 4.69) is 23.2 Å². The molecule has 0 aromatic heterocycles. The van der Waals surface area contributed by atoms with Gasteiger partial charge in [0.05, 0.1) is 5.71 Å². The number of amides is 1. The highest BCUT2D eigenvalue weighted by atomic mass is 16.5. The average Bonchev–Trinajstić information content (AvgIpc) is 2.53. The van der Waals surface area contributed by atoms with Gasteiger partial charge >= 0.3 is 0 Å². The van der Waals surface area contributed by atoms with Crippen molar-refractivity contribution in [1.29, 1.82) is 0 Å². The lowest BCUT2D eigenvalue weighted by molar-refractivity contribution is -0.123. The number of ether oxygens (including phenoxy) is 1. The zero-order valence-corrected chi connectivity index (χ0v) is 14.1. The van der Waals surface area contributed by atoms with Gasteiger partial charge in [-0.15, -0.1) is 0 Å². The van der Waals surface area contributed by atoms with Crippen LogP contribution in [-0.2, 0) is 4.79 Å². The first kappa shape index (κ1) is 17.0. The smallest absolute Gasteiger partial charge is 0.277 e. The second-order valence-electron chi connectivity index (χ2n) is 6.07. The van der Waals surface area contributed by atoms with Crippen molar-refractivity contribution in [3.05, 3.63) is 53.6 Å². The summed E-state index contributed by atoms with van der Waals surface area (Å²) in [5.74, 6) is 0.816. The predicted octanol–water partition coefficient (Wildman–Crippen LogP) is 3.78. The van der Waals surface area contributed by atoms with Gasteiger partial charge in [-0.05, 0) is 57.2 Å². The fourth-order valence-electron chi connectivity index (χ4n) is 2.37. The van der Waals surface area contributed by atoms with Gasteiger partial charge in [0.2, 0.25) is 0 Å². The Labute approximate surface area is 137 Å². The molecule has 1 N–H and O–H groups in total. The van der Waals surface area contributed by atoms with Crippen LogP contribution in [0.25, 0.3) is 0 Å². The topological polar surface area (TPSA) is 50.7 Å². The molecule has 1 unspecified atom stereocenters. The lowest BCUT2D eigenvalue weighted by Crippen LogP contribution is -2.27. The highest BCUT2D eigenvalue weighted by Gasteiger charge is 2.18. The molecule has 1 aliphatic rings. The Kier molecular flexibility index (Phi) is 5.74. The van der Waals surface area contributed by atoms with Crippen LogP contribution < -0.4 is 10.2 Å². The van der Waals surface area contributed by atoms with E-state index in [0.29, 0.717) is 11.7 Å². The molecular formula is C19H24N2O2. The second-order valence-corrected chi connectivity index (χ2v) is 6.07. The minimum absolute atomic E-state index is 0.0491. The number of carbonyl (C=O) groups is 1. The zero-order valence-electron chi connectivity index (χ0n) is 14.1. The molecule has 1 aromatic rings. The van der Waals surface area contributed by atoms with E-state index in [4.69, 9.17) is 4.74 Å². The summed E-state index contributed by atoms with van der Waals surface area (Å²) in [4.78, 5) is 11.9. The Morgan fingerprint density at radius 1 is 1.35 bits per heavy atom. The van der Waals surface area contributed by atoms with E-state index in [1.165, 1.54) is 0 Å². The molecule has 0 radical (unpaired) electrons. The molecule has 0 heterocycles. The highest BCUT2D eigenvalue weighted by Crippen LogP contribution is 2.26. The average molecular weight is 312 g/mol. The van der Waals surface area contributed by atoms with Gasteiger partial charge in [0.25, 0.3) is 5.91 Å². The maximum Gasteiger partial charge on any atom is 0.277 e. The van der Waals surface area contributed by atoms with Crippen molar-refractivity contribution in [2.24, 2.45) is 11.0 Å². The number of carbonyl (C=O) groups excluding carboxylic acids is 1. The van der Waals surface area contributed by atoms with E-state index in [9.17, 15) is 4.79 Å². The van der Waals surface area contributed by atoms with Crippen LogP contribution in [0.3, 0.4) is 0 Å². The zero-order chi connectivity index (χ0) is 16.8. The Bertz CT molecular complexity index is 642. The van der Waals surface area contributed by atoms with Crippen LogP contribution >= 0.6 is 0 Å². The van der Waals surface area contributed by atoms with Crippen LogP contribution in [0.5, 0.6) is 5.75 Å². The Hall–Kier alpha value is -2.36. The third-order valence-corrected chi connectivity index (χ3v) is 4.01. The summed E-state index contributed by atoms with van der Waals surface area (Å²) in [6.45, 7) is 10.0. The number of aryl methyl sites for hydroxylation is 1. The normalized spacial score (nSPS) is 19.2. The van der Waals surface area contributed by atoms with E-state index < -0.39 is 0 Å². The SMILES string of the molecule is C=C(C)C1CC=C(C)C(=NNC(=O)COc2ccc(C)cc2)C1. The summed E-state index contributed by atoms with van der Waals surface area (Å²) in [5.41, 5.74) is 6.90. The van der Waals surface area contributed by atoms with E-state index >= 15 is 0 Å². The maximum absolute atomic E-state index is 11.9. The summed E-state index contributed by atoms with van der Waals surface area (Å²) in [5, 5.41) is 4.25. The minimum atomic E-state index is -0.261. The van der Waals surface area contributed by atoms with Gasteiger partial charge < -0.3 is 4.74 Å². The molecule has 4 heteroatoms. The van der Waals surface area contributed by atoms with Crippen LogP contribution in [0.2, 0.25) is 0 Å². The summed E-state index contributed by atoms with van der Waals surface area (Å²) in [6.07, 6.45) is 3.96. The number of benzene rings is 1. The first-order valence-electron chi connectivity index (χ1n) is 7.83. The lowest BCUT2D eigenvalue weighted by Gasteiger charge is -2.22. The van der Waals surface area contributed by atoms with Gasteiger partial charge in [-0.3, -0.25) is 4.79 Å². The molecule has 122 valence electrons. The Morgan fingerprint density at radius 2 is 2.04 bits per heavy atom. The number of allylic oxidation sites excluding steroid dienone is 3. The van der Waals surface area contributed by atoms with E-state index in [0.717, 1.165) is 35.3 Å². The molecule has 0 saturated carbocycles. The number of hydrazone groups is 1. The number of nitrogens with zero attached hydrogens (tertiary/aromatic N) is 1. The van der Waals surface area contributed by atoms with Gasteiger partial charge in [0.15, 0.2) is 6.61 Å². The first-order valence-corrected chi connectivity index (χ1v) is 7.83. The molecule has 1 amide bonds. The van der Waals surface area contributed by atoms with Crippen molar-refractivity contribution in [2.75, 3.05) is 6.61 Å². The van der Waals surface area contributed by atoms with Crippen molar-refractivity contribution < 1.29 is 9.53 Å². The molecule has 1 aliphatic carbocycles. The molecule has 0 fully saturated rings. The van der Waals surface area contributed by atoms with Gasteiger partial charge in [-0.25, -0.2) is 5.43 Å². The second kappa shape index (κ2) is 7.77. The quantitative estimate of drug-likeness (QED) is 0.664. The summed E-state index contributed by atoms with van der Waals surface area (Å²) < 4.78 is 5.44. The fourth-order valence-corrected chi connectivity index (χ4v) is 2.37. The highest BCUT2D eigenvalue weighted by molar-refractivity contribution is 6.01. The van der Waals surface area contributed by atoms with Crippen molar-refractivity contribution in [1.82, 2.24) is 5.43 Å². The van der Waals surface area contributed by atoms with Crippen molar-refractivity contribution >= 4 is 11.6 Å². The third kappa shape index (κ3) is 5.09. The van der Waals surface area contributed by atoms with Gasteiger partial charge in [0, 0.05) is 0 Å². The van der Waals surface area contributed by atoms with Gasteiger partial charge in [-0.2, -0.15) is 5.10 Å². The van der Waals surface area contributed by atoms with Crippen LogP contribution in [0.4, 0.5) is 0 Å². The number of hydrogen-bond acceptors (Lipinski definition) is 3. The summed E-state index contributed by atoms with van der Waals surface area (Å²) in [6, 6.07) is 7.59. The van der Waals surface area contributed by atoms with Crippen LogP contribution in [-0.4, -0.2) is 18.2 Å². The third-order valence-electron chi connectivity index (χ3n) is 4.01. The number of rotatable bonds is 5. The number of nitrogens with one attached hydrogen (secondary N) is 1. The molecule has 0 aliphatic heterocycles. The van der Waals surface area contributed by atoms with Crippen LogP contribution in [0.1, 0.15) is 32.3 Å². The molecule has 23 heavy (non-hydrogen) atoms. The van der Waals surface area contributed by atoms with Crippen molar-refractivity contribution in [3.8, 4) is 5.75 Å². The molecule has 0 saturated heterocycles. The summed E-state index contributed by atoms with van der Waals surface area (Å²) >= 11 is 0. The summed E-state index contributed by atoms with van der Waals surface area (Å²) in [7, 11) is 0. The first-order chi connectivity index (χ1) is 11.0. The standard InChI is InChI=1S/C19H24N2O2/c1-13(2)16-8-7-15(4)18(11-16)20-21-19(22)12-23-17-9-5-14(3)6-10-17/h5-7,9-10,16H,1,8,11-12H2,2-4H3,(H,21,22).